The van der Waals surface area contributed by atoms with Crippen molar-refractivity contribution in [3.8, 4) is 0 Å². The summed E-state index contributed by atoms with van der Waals surface area (Å²) in [6, 6.07) is 11.3. The molecule has 0 radical (unpaired) electrons. The summed E-state index contributed by atoms with van der Waals surface area (Å²) >= 11 is 11.9. The summed E-state index contributed by atoms with van der Waals surface area (Å²) in [6.07, 6.45) is 3.24. The lowest BCUT2D eigenvalue weighted by atomic mass is 10.1. The third-order valence-electron chi connectivity index (χ3n) is 6.94. The fourth-order valence-corrected chi connectivity index (χ4v) is 7.83. The van der Waals surface area contributed by atoms with Crippen molar-refractivity contribution in [3.63, 3.8) is 0 Å². The molecule has 0 amide bonds. The summed E-state index contributed by atoms with van der Waals surface area (Å²) in [5.74, 6) is -5.33. The zero-order valence-corrected chi connectivity index (χ0v) is 30.9. The zero-order valence-electron chi connectivity index (χ0n) is 25.3. The first-order valence-electron chi connectivity index (χ1n) is 14.0. The Morgan fingerprint density at radius 2 is 1.32 bits per heavy atom. The first-order chi connectivity index (χ1) is 23.6. The molecule has 0 saturated carbocycles. The molecule has 0 saturated heterocycles. The van der Waals surface area contributed by atoms with Crippen LogP contribution >= 0.6 is 43.5 Å². The molecule has 20 heteroatoms. The van der Waals surface area contributed by atoms with Crippen LogP contribution in [0.3, 0.4) is 0 Å². The summed E-state index contributed by atoms with van der Waals surface area (Å²) in [5.41, 5.74) is 1.13. The molecule has 0 fully saturated rings. The third kappa shape index (κ3) is 8.40. The molecule has 6 aromatic rings. The number of aryl methyl sites for hydroxylation is 1. The van der Waals surface area contributed by atoms with Gasteiger partial charge >= 0.3 is 0 Å². The van der Waals surface area contributed by atoms with E-state index in [0.717, 1.165) is 16.6 Å². The summed E-state index contributed by atoms with van der Waals surface area (Å²) in [4.78, 5) is 12.1. The SMILES string of the molecule is COCCCc1cc(F)c(NS(=O)(=O)c2c[nH]c3cc(Br)ccc23)nc1F.O=S(=O)(Nc1nc(F)c(Br)cc1F)c1c[nH]c2cc(Cl)ccc12. The number of halogens is 7. The standard InChI is InChI=1S/C17H16BrF2N3O3S.C13H7BrClF2N3O2S/c1-26-6-2-3-10-7-13(19)17(22-16(10)20)23-27(24,25)15-9-21-14-8-11(18)4-5-12(14)15;14-8-4-9(16)13(19-12(8)17)20-23(21,22)11-5-18-10-3-6(15)1-2-7(10)11/h4-5,7-9,21H,2-3,6H2,1H3,(H,22,23);1-5,18H,(H,19,20). The molecule has 0 bridgehead atoms. The second-order valence-corrected chi connectivity index (χ2v) is 15.9. The Labute approximate surface area is 304 Å². The smallest absolute Gasteiger partial charge is 0.265 e. The van der Waals surface area contributed by atoms with E-state index in [-0.39, 0.29) is 26.2 Å². The van der Waals surface area contributed by atoms with Gasteiger partial charge in [-0.05, 0) is 71.2 Å². The average molecular weight is 883 g/mol. The number of methoxy groups -OCH3 is 1. The number of aromatic nitrogens is 4. The van der Waals surface area contributed by atoms with Crippen molar-refractivity contribution in [1.82, 2.24) is 19.9 Å². The highest BCUT2D eigenvalue weighted by Gasteiger charge is 2.24. The van der Waals surface area contributed by atoms with Gasteiger partial charge in [0.05, 0.1) is 4.47 Å². The Balaban J connectivity index is 0.000000197. The van der Waals surface area contributed by atoms with Gasteiger partial charge in [0, 0.05) is 63.0 Å². The van der Waals surface area contributed by atoms with E-state index in [1.165, 1.54) is 31.6 Å². The number of anilines is 2. The minimum absolute atomic E-state index is 0.0597. The minimum atomic E-state index is -4.17. The molecule has 0 atom stereocenters. The zero-order chi connectivity index (χ0) is 36.4. The normalized spacial score (nSPS) is 11.8. The third-order valence-corrected chi connectivity index (χ3v) is 11.0. The van der Waals surface area contributed by atoms with Crippen LogP contribution in [-0.4, -0.2) is 50.5 Å². The van der Waals surface area contributed by atoms with Crippen LogP contribution in [0.25, 0.3) is 21.8 Å². The highest BCUT2D eigenvalue weighted by molar-refractivity contribution is 9.10. The summed E-state index contributed by atoms with van der Waals surface area (Å²) in [5, 5.41) is 1.21. The minimum Gasteiger partial charge on any atom is -0.385 e. The van der Waals surface area contributed by atoms with Crippen molar-refractivity contribution in [2.75, 3.05) is 23.2 Å². The Bertz CT molecular complexity index is 2450. The number of rotatable bonds is 10. The molecule has 0 spiro atoms. The van der Waals surface area contributed by atoms with E-state index in [1.807, 2.05) is 9.44 Å². The lowest BCUT2D eigenvalue weighted by Gasteiger charge is -2.10. The van der Waals surface area contributed by atoms with E-state index >= 15 is 0 Å². The fraction of sp³-hybridized carbons (Fsp3) is 0.133. The van der Waals surface area contributed by atoms with Crippen molar-refractivity contribution in [2.24, 2.45) is 0 Å². The number of pyridine rings is 2. The second-order valence-electron chi connectivity index (χ2n) is 10.4. The maximum Gasteiger partial charge on any atom is 0.265 e. The Kier molecular flexibility index (Phi) is 11.4. The summed E-state index contributed by atoms with van der Waals surface area (Å²) in [6.45, 7) is 0.395. The first kappa shape index (κ1) is 37.5. The van der Waals surface area contributed by atoms with E-state index in [9.17, 15) is 34.4 Å². The predicted octanol–water partition coefficient (Wildman–Crippen LogP) is 8.04. The maximum absolute atomic E-state index is 14.3. The van der Waals surface area contributed by atoms with Gasteiger partial charge in [-0.3, -0.25) is 9.44 Å². The lowest BCUT2D eigenvalue weighted by molar-refractivity contribution is 0.195. The predicted molar refractivity (Wildman–Crippen MR) is 187 cm³/mol. The van der Waals surface area contributed by atoms with Crippen molar-refractivity contribution in [1.29, 1.82) is 0 Å². The van der Waals surface area contributed by atoms with E-state index in [4.69, 9.17) is 16.3 Å². The van der Waals surface area contributed by atoms with Gasteiger partial charge in [-0.1, -0.05) is 33.6 Å². The maximum atomic E-state index is 14.3. The molecule has 6 rings (SSSR count). The van der Waals surface area contributed by atoms with Gasteiger partial charge in [-0.2, -0.15) is 18.7 Å². The molecule has 50 heavy (non-hydrogen) atoms. The number of fused-ring (bicyclic) bond motifs is 2. The lowest BCUT2D eigenvalue weighted by Crippen LogP contribution is -2.16. The van der Waals surface area contributed by atoms with Gasteiger partial charge in [-0.25, -0.2) is 25.6 Å². The van der Waals surface area contributed by atoms with Crippen LogP contribution in [0.2, 0.25) is 5.02 Å². The van der Waals surface area contributed by atoms with E-state index in [2.05, 4.69) is 51.8 Å². The number of aromatic amines is 2. The van der Waals surface area contributed by atoms with E-state index in [0.29, 0.717) is 39.9 Å². The van der Waals surface area contributed by atoms with Crippen molar-refractivity contribution < 1.29 is 39.1 Å². The van der Waals surface area contributed by atoms with Gasteiger partial charge in [0.25, 0.3) is 20.0 Å². The highest BCUT2D eigenvalue weighted by atomic mass is 79.9. The number of hydrogen-bond donors (Lipinski definition) is 4. The monoisotopic (exact) mass is 880 g/mol. The second kappa shape index (κ2) is 15.2. The van der Waals surface area contributed by atoms with Gasteiger partial charge < -0.3 is 14.7 Å². The quantitative estimate of drug-likeness (QED) is 0.0616. The largest absolute Gasteiger partial charge is 0.385 e. The topological polar surface area (TPSA) is 159 Å². The number of ether oxygens (including phenoxy) is 1. The van der Waals surface area contributed by atoms with Crippen LogP contribution in [0.15, 0.2) is 79.7 Å². The van der Waals surface area contributed by atoms with Crippen LogP contribution in [0.4, 0.5) is 29.2 Å². The van der Waals surface area contributed by atoms with Crippen molar-refractivity contribution in [2.45, 2.75) is 22.6 Å². The van der Waals surface area contributed by atoms with E-state index < -0.39 is 55.2 Å². The molecule has 0 aliphatic carbocycles. The van der Waals surface area contributed by atoms with Crippen LogP contribution in [0, 0.1) is 23.5 Å². The van der Waals surface area contributed by atoms with Crippen LogP contribution < -0.4 is 9.44 Å². The van der Waals surface area contributed by atoms with Gasteiger partial charge in [0.15, 0.2) is 23.3 Å². The van der Waals surface area contributed by atoms with Crippen LogP contribution in [0.1, 0.15) is 12.0 Å². The Hall–Kier alpha value is -3.75. The molecule has 4 aromatic heterocycles. The molecule has 4 N–H and O–H groups in total. The molecule has 0 unspecified atom stereocenters. The summed E-state index contributed by atoms with van der Waals surface area (Å²) < 4.78 is 115. The number of hydrogen-bond acceptors (Lipinski definition) is 7. The Morgan fingerprint density at radius 1 is 0.780 bits per heavy atom. The molecular formula is C30H23Br2ClF4N6O5S2. The Morgan fingerprint density at radius 3 is 1.92 bits per heavy atom. The number of nitrogens with zero attached hydrogens (tertiary/aromatic N) is 2. The average Bonchev–Trinajstić information content (AvgIpc) is 3.67. The molecule has 2 aromatic carbocycles. The number of benzene rings is 2. The van der Waals surface area contributed by atoms with Crippen LogP contribution in [0.5, 0.6) is 0 Å². The number of nitrogens with one attached hydrogen (secondary N) is 4. The van der Waals surface area contributed by atoms with Crippen molar-refractivity contribution >= 4 is 96.9 Å². The fourth-order valence-electron chi connectivity index (χ4n) is 4.63. The molecule has 0 aliphatic rings. The van der Waals surface area contributed by atoms with Gasteiger partial charge in [0.2, 0.25) is 11.9 Å². The molecule has 264 valence electrons. The summed E-state index contributed by atoms with van der Waals surface area (Å²) in [7, 11) is -6.83. The number of sulfonamides is 2. The number of H-pyrrole nitrogens is 2. The molecule has 4 heterocycles. The van der Waals surface area contributed by atoms with Gasteiger partial charge in [0.1, 0.15) is 9.79 Å². The van der Waals surface area contributed by atoms with E-state index in [1.54, 1.807) is 24.3 Å². The highest BCUT2D eigenvalue weighted by Crippen LogP contribution is 2.30. The molecule has 0 aliphatic heterocycles. The first-order valence-corrected chi connectivity index (χ1v) is 19.0. The molecule has 11 nitrogen and oxygen atoms in total. The van der Waals surface area contributed by atoms with Gasteiger partial charge in [-0.15, -0.1) is 0 Å². The van der Waals surface area contributed by atoms with Crippen LogP contribution in [-0.2, 0) is 31.2 Å². The molecular weight excluding hydrogens is 860 g/mol. The van der Waals surface area contributed by atoms with Crippen molar-refractivity contribution in [3.05, 3.63) is 104 Å².